The summed E-state index contributed by atoms with van der Waals surface area (Å²) < 4.78 is 5.14. The summed E-state index contributed by atoms with van der Waals surface area (Å²) in [6, 6.07) is 1.90. The fourth-order valence-electron chi connectivity index (χ4n) is 2.07. The van der Waals surface area contributed by atoms with E-state index in [2.05, 4.69) is 15.5 Å². The van der Waals surface area contributed by atoms with Gasteiger partial charge in [-0.1, -0.05) is 5.16 Å². The Morgan fingerprint density at radius 2 is 2.42 bits per heavy atom. The molecule has 1 aliphatic carbocycles. The number of carboxylic acid groups (broad SMARTS) is 1. The van der Waals surface area contributed by atoms with Crippen LogP contribution in [0.3, 0.4) is 0 Å². The monoisotopic (exact) mass is 279 g/mol. The van der Waals surface area contributed by atoms with Gasteiger partial charge in [0.05, 0.1) is 12.1 Å². The van der Waals surface area contributed by atoms with Gasteiger partial charge in [0.1, 0.15) is 5.54 Å². The number of hydrogen-bond acceptors (Lipinski definition) is 6. The van der Waals surface area contributed by atoms with Gasteiger partial charge in [-0.3, -0.25) is 10.1 Å². The molecule has 0 atom stereocenters. The highest BCUT2D eigenvalue weighted by molar-refractivity contribution is 7.08. The van der Waals surface area contributed by atoms with Gasteiger partial charge < -0.3 is 9.63 Å². The van der Waals surface area contributed by atoms with Crippen molar-refractivity contribution >= 4 is 17.3 Å². The molecule has 2 aromatic heterocycles. The van der Waals surface area contributed by atoms with Crippen LogP contribution in [0.2, 0.25) is 0 Å². The van der Waals surface area contributed by atoms with Gasteiger partial charge >= 0.3 is 5.97 Å². The number of nitrogens with one attached hydrogen (secondary N) is 1. The highest BCUT2D eigenvalue weighted by atomic mass is 32.1. The molecule has 0 radical (unpaired) electrons. The molecule has 0 amide bonds. The van der Waals surface area contributed by atoms with Gasteiger partial charge in [0.2, 0.25) is 0 Å². The maximum absolute atomic E-state index is 11.2. The quantitative estimate of drug-likeness (QED) is 0.869. The summed E-state index contributed by atoms with van der Waals surface area (Å²) in [4.78, 5) is 15.4. The molecule has 19 heavy (non-hydrogen) atoms. The number of carboxylic acids is 1. The van der Waals surface area contributed by atoms with Gasteiger partial charge in [0.15, 0.2) is 5.82 Å². The Bertz CT molecular complexity index is 575. The first kappa shape index (κ1) is 12.3. The summed E-state index contributed by atoms with van der Waals surface area (Å²) in [5, 5.41) is 19.9. The largest absolute Gasteiger partial charge is 0.480 e. The number of hydrogen-bond donors (Lipinski definition) is 2. The molecule has 6 nitrogen and oxygen atoms in total. The average molecular weight is 279 g/mol. The summed E-state index contributed by atoms with van der Waals surface area (Å²) in [5.74, 6) is 0.144. The maximum atomic E-state index is 11.2. The minimum Gasteiger partial charge on any atom is -0.480 e. The molecular weight excluding hydrogens is 266 g/mol. The van der Waals surface area contributed by atoms with Crippen LogP contribution in [0.1, 0.15) is 25.1 Å². The van der Waals surface area contributed by atoms with E-state index >= 15 is 0 Å². The normalized spacial score (nSPS) is 17.1. The Balaban J connectivity index is 1.66. The molecular formula is C12H13N3O3S. The lowest BCUT2D eigenvalue weighted by molar-refractivity contribution is -0.148. The van der Waals surface area contributed by atoms with Crippen molar-refractivity contribution in [2.24, 2.45) is 0 Å². The van der Waals surface area contributed by atoms with Gasteiger partial charge in [-0.25, -0.2) is 0 Å². The molecule has 2 heterocycles. The van der Waals surface area contributed by atoms with Crippen molar-refractivity contribution in [3.05, 3.63) is 22.7 Å². The first-order valence-corrected chi connectivity index (χ1v) is 6.97. The van der Waals surface area contributed by atoms with Crippen LogP contribution in [0.4, 0.5) is 0 Å². The standard InChI is InChI=1S/C12H13N3O3S/c16-11(17)12(3-1-4-12)13-6-9-14-10(18-15-9)8-2-5-19-7-8/h2,5,7,13H,1,3-4,6H2,(H,16,17). The van der Waals surface area contributed by atoms with Crippen LogP contribution in [0.25, 0.3) is 11.5 Å². The number of aliphatic carboxylic acids is 1. The van der Waals surface area contributed by atoms with E-state index in [4.69, 9.17) is 4.52 Å². The average Bonchev–Trinajstić information content (AvgIpc) is 2.97. The van der Waals surface area contributed by atoms with Crippen molar-refractivity contribution in [3.8, 4) is 11.5 Å². The van der Waals surface area contributed by atoms with Gasteiger partial charge in [0, 0.05) is 5.38 Å². The molecule has 1 fully saturated rings. The Labute approximate surface area is 113 Å². The summed E-state index contributed by atoms with van der Waals surface area (Å²) in [5.41, 5.74) is 0.0868. The van der Waals surface area contributed by atoms with Crippen LogP contribution in [0.5, 0.6) is 0 Å². The third kappa shape index (κ3) is 2.26. The Hall–Kier alpha value is -1.73. The second-order valence-corrected chi connectivity index (χ2v) is 5.40. The van der Waals surface area contributed by atoms with E-state index in [-0.39, 0.29) is 0 Å². The van der Waals surface area contributed by atoms with Crippen molar-refractivity contribution < 1.29 is 14.4 Å². The fourth-order valence-corrected chi connectivity index (χ4v) is 2.70. The van der Waals surface area contributed by atoms with Crippen LogP contribution < -0.4 is 5.32 Å². The zero-order chi connectivity index (χ0) is 13.3. The molecule has 1 saturated carbocycles. The van der Waals surface area contributed by atoms with Crippen LogP contribution in [0.15, 0.2) is 21.3 Å². The van der Waals surface area contributed by atoms with Gasteiger partial charge in [0.25, 0.3) is 5.89 Å². The Kier molecular flexibility index (Phi) is 3.08. The number of aromatic nitrogens is 2. The van der Waals surface area contributed by atoms with E-state index in [1.807, 2.05) is 16.8 Å². The van der Waals surface area contributed by atoms with Gasteiger partial charge in [-0.05, 0) is 30.7 Å². The minimum atomic E-state index is -0.805. The van der Waals surface area contributed by atoms with Crippen LogP contribution >= 0.6 is 11.3 Å². The van der Waals surface area contributed by atoms with Crippen LogP contribution in [0, 0.1) is 0 Å². The summed E-state index contributed by atoms with van der Waals surface area (Å²) in [7, 11) is 0. The maximum Gasteiger partial charge on any atom is 0.323 e. The highest BCUT2D eigenvalue weighted by Crippen LogP contribution is 2.32. The van der Waals surface area contributed by atoms with E-state index in [1.54, 1.807) is 11.3 Å². The summed E-state index contributed by atoms with van der Waals surface area (Å²) >= 11 is 1.56. The molecule has 0 aliphatic heterocycles. The molecule has 7 heteroatoms. The second kappa shape index (κ2) is 4.75. The molecule has 100 valence electrons. The third-order valence-corrected chi connectivity index (χ3v) is 4.12. The molecule has 0 saturated heterocycles. The smallest absolute Gasteiger partial charge is 0.323 e. The van der Waals surface area contributed by atoms with E-state index < -0.39 is 11.5 Å². The molecule has 1 aliphatic rings. The number of thiophene rings is 1. The van der Waals surface area contributed by atoms with Crippen molar-refractivity contribution in [1.82, 2.24) is 15.5 Å². The van der Waals surface area contributed by atoms with E-state index in [0.29, 0.717) is 31.1 Å². The number of rotatable bonds is 5. The minimum absolute atomic E-state index is 0.305. The zero-order valence-electron chi connectivity index (χ0n) is 10.1. The fraction of sp³-hybridized carbons (Fsp3) is 0.417. The molecule has 3 rings (SSSR count). The van der Waals surface area contributed by atoms with Gasteiger partial charge in [-0.15, -0.1) is 0 Å². The summed E-state index contributed by atoms with van der Waals surface area (Å²) in [6.45, 7) is 0.305. The molecule has 2 aromatic rings. The Morgan fingerprint density at radius 1 is 1.58 bits per heavy atom. The predicted molar refractivity (Wildman–Crippen MR) is 68.7 cm³/mol. The molecule has 0 aromatic carbocycles. The third-order valence-electron chi connectivity index (χ3n) is 3.44. The number of nitrogens with zero attached hydrogens (tertiary/aromatic N) is 2. The predicted octanol–water partition coefficient (Wildman–Crippen LogP) is 1.89. The van der Waals surface area contributed by atoms with Crippen molar-refractivity contribution in [2.75, 3.05) is 0 Å². The lowest BCUT2D eigenvalue weighted by Gasteiger charge is -2.38. The SMILES string of the molecule is O=C(O)C1(NCc2noc(-c3ccsc3)n2)CCC1. The topological polar surface area (TPSA) is 88.2 Å². The zero-order valence-corrected chi connectivity index (χ0v) is 10.9. The van der Waals surface area contributed by atoms with E-state index in [9.17, 15) is 9.90 Å². The van der Waals surface area contributed by atoms with Crippen molar-refractivity contribution in [3.63, 3.8) is 0 Å². The first-order chi connectivity index (χ1) is 9.20. The highest BCUT2D eigenvalue weighted by Gasteiger charge is 2.44. The van der Waals surface area contributed by atoms with Crippen molar-refractivity contribution in [1.29, 1.82) is 0 Å². The van der Waals surface area contributed by atoms with Crippen molar-refractivity contribution in [2.45, 2.75) is 31.3 Å². The Morgan fingerprint density at radius 3 is 3.00 bits per heavy atom. The van der Waals surface area contributed by atoms with E-state index in [1.165, 1.54) is 0 Å². The van der Waals surface area contributed by atoms with Crippen LogP contribution in [-0.4, -0.2) is 26.8 Å². The lowest BCUT2D eigenvalue weighted by atomic mass is 9.77. The van der Waals surface area contributed by atoms with E-state index in [0.717, 1.165) is 12.0 Å². The molecule has 0 spiro atoms. The molecule has 2 N–H and O–H groups in total. The van der Waals surface area contributed by atoms with Crippen LogP contribution in [-0.2, 0) is 11.3 Å². The first-order valence-electron chi connectivity index (χ1n) is 6.03. The number of carbonyl (C=O) groups is 1. The molecule has 0 unspecified atom stereocenters. The second-order valence-electron chi connectivity index (χ2n) is 4.62. The van der Waals surface area contributed by atoms with Gasteiger partial charge in [-0.2, -0.15) is 16.3 Å². The summed E-state index contributed by atoms with van der Waals surface area (Å²) in [6.07, 6.45) is 2.24. The molecule has 0 bridgehead atoms. The lowest BCUT2D eigenvalue weighted by Crippen LogP contribution is -2.56.